The molecule has 2 aromatic carbocycles. The number of ether oxygens (including phenoxy) is 2. The fourth-order valence-corrected chi connectivity index (χ4v) is 7.08. The van der Waals surface area contributed by atoms with Crippen LogP contribution in [0.4, 0.5) is 0 Å². The van der Waals surface area contributed by atoms with E-state index < -0.39 is 16.1 Å². The van der Waals surface area contributed by atoms with Crippen molar-refractivity contribution in [2.75, 3.05) is 32.8 Å². The highest BCUT2D eigenvalue weighted by atomic mass is 35.5. The third-order valence-electron chi connectivity index (χ3n) is 6.10. The predicted octanol–water partition coefficient (Wildman–Crippen LogP) is 3.00. The molecule has 0 saturated carbocycles. The standard InChI is InChI=1S/C25H24ClN3O6S2/c26-18-7-5-17(6-8-18)24(30)27-15-19-9-10-23(36-19)37(32,33)29-13-11-28(12-14-29)25(31)22-16-34-20-3-1-2-4-21(20)35-22/h1-10,22H,11-16H2,(H,27,30). The molecule has 1 atom stereocenters. The Morgan fingerprint density at radius 2 is 1.68 bits per heavy atom. The van der Waals surface area contributed by atoms with Crippen LogP contribution < -0.4 is 14.8 Å². The second-order valence-corrected chi connectivity index (χ2v) is 12.3. The molecule has 12 heteroatoms. The Balaban J connectivity index is 1.15. The molecule has 3 aromatic rings. The van der Waals surface area contributed by atoms with Gasteiger partial charge in [-0.25, -0.2) is 8.42 Å². The molecule has 5 rings (SSSR count). The van der Waals surface area contributed by atoms with Crippen LogP contribution in [0.2, 0.25) is 5.02 Å². The van der Waals surface area contributed by atoms with Gasteiger partial charge in [0, 0.05) is 41.6 Å². The number of carbonyl (C=O) groups excluding carboxylic acids is 2. The van der Waals surface area contributed by atoms with E-state index in [4.69, 9.17) is 21.1 Å². The lowest BCUT2D eigenvalue weighted by Crippen LogP contribution is -2.54. The number of nitrogens with one attached hydrogen (secondary N) is 1. The molecule has 0 spiro atoms. The van der Waals surface area contributed by atoms with E-state index in [0.29, 0.717) is 27.0 Å². The number of hydrogen-bond acceptors (Lipinski definition) is 7. The Morgan fingerprint density at radius 1 is 0.973 bits per heavy atom. The molecule has 0 bridgehead atoms. The first-order chi connectivity index (χ1) is 17.8. The van der Waals surface area contributed by atoms with Crippen LogP contribution in [0.5, 0.6) is 11.5 Å². The van der Waals surface area contributed by atoms with Crippen LogP contribution in [0.1, 0.15) is 15.2 Å². The first-order valence-corrected chi connectivity index (χ1v) is 14.2. The van der Waals surface area contributed by atoms with Crippen molar-refractivity contribution in [3.05, 3.63) is 76.1 Å². The number of amides is 2. The summed E-state index contributed by atoms with van der Waals surface area (Å²) in [5, 5.41) is 3.33. The smallest absolute Gasteiger partial charge is 0.267 e. The maximum absolute atomic E-state index is 13.2. The first-order valence-electron chi connectivity index (χ1n) is 11.6. The second kappa shape index (κ2) is 10.7. The topological polar surface area (TPSA) is 105 Å². The lowest BCUT2D eigenvalue weighted by atomic mass is 10.2. The van der Waals surface area contributed by atoms with Crippen LogP contribution in [0.15, 0.2) is 64.9 Å². The average Bonchev–Trinajstić information content (AvgIpc) is 3.42. The number of benzene rings is 2. The van der Waals surface area contributed by atoms with E-state index in [-0.39, 0.29) is 55.4 Å². The molecule has 2 amide bonds. The fourth-order valence-electron chi connectivity index (χ4n) is 4.08. The minimum absolute atomic E-state index is 0.112. The van der Waals surface area contributed by atoms with Gasteiger partial charge in [-0.1, -0.05) is 23.7 Å². The summed E-state index contributed by atoms with van der Waals surface area (Å²) in [5.41, 5.74) is 0.468. The highest BCUT2D eigenvalue weighted by Gasteiger charge is 2.35. The molecule has 9 nitrogen and oxygen atoms in total. The van der Waals surface area contributed by atoms with Gasteiger partial charge < -0.3 is 19.7 Å². The summed E-state index contributed by atoms with van der Waals surface area (Å²) in [6.45, 7) is 1.19. The predicted molar refractivity (Wildman–Crippen MR) is 139 cm³/mol. The van der Waals surface area contributed by atoms with Gasteiger partial charge in [-0.2, -0.15) is 4.31 Å². The molecular formula is C25H24ClN3O6S2. The largest absolute Gasteiger partial charge is 0.485 e. The van der Waals surface area contributed by atoms with E-state index in [1.807, 2.05) is 12.1 Å². The summed E-state index contributed by atoms with van der Waals surface area (Å²) in [7, 11) is -3.72. The minimum atomic E-state index is -3.72. The van der Waals surface area contributed by atoms with E-state index in [1.54, 1.807) is 53.4 Å². The lowest BCUT2D eigenvalue weighted by molar-refractivity contribution is -0.142. The molecule has 3 heterocycles. The summed E-state index contributed by atoms with van der Waals surface area (Å²) >= 11 is 6.97. The Kier molecular flexibility index (Phi) is 7.38. The summed E-state index contributed by atoms with van der Waals surface area (Å²) in [4.78, 5) is 27.6. The van der Waals surface area contributed by atoms with Crippen molar-refractivity contribution in [1.29, 1.82) is 0 Å². The molecule has 0 radical (unpaired) electrons. The maximum Gasteiger partial charge on any atom is 0.267 e. The second-order valence-electron chi connectivity index (χ2n) is 8.50. The van der Waals surface area contributed by atoms with Gasteiger partial charge in [0.1, 0.15) is 10.8 Å². The van der Waals surface area contributed by atoms with Crippen LogP contribution in [0, 0.1) is 0 Å². The van der Waals surface area contributed by atoms with Gasteiger partial charge in [0.25, 0.3) is 21.8 Å². The number of piperazine rings is 1. The Morgan fingerprint density at radius 3 is 2.41 bits per heavy atom. The Bertz CT molecular complexity index is 1400. The maximum atomic E-state index is 13.2. The number of nitrogens with zero attached hydrogens (tertiary/aromatic N) is 2. The van der Waals surface area contributed by atoms with Crippen molar-refractivity contribution in [3.8, 4) is 11.5 Å². The molecule has 2 aliphatic heterocycles. The number of fused-ring (bicyclic) bond motifs is 1. The summed E-state index contributed by atoms with van der Waals surface area (Å²) < 4.78 is 39.4. The van der Waals surface area contributed by atoms with E-state index in [0.717, 1.165) is 11.3 Å². The van der Waals surface area contributed by atoms with Crippen LogP contribution in [-0.4, -0.2) is 68.3 Å². The lowest BCUT2D eigenvalue weighted by Gasteiger charge is -2.36. The van der Waals surface area contributed by atoms with Crippen LogP contribution in [-0.2, 0) is 21.4 Å². The zero-order valence-electron chi connectivity index (χ0n) is 19.6. The summed E-state index contributed by atoms with van der Waals surface area (Å²) in [5.74, 6) is 0.626. The molecule has 0 aliphatic carbocycles. The van der Waals surface area contributed by atoms with Gasteiger partial charge in [-0.15, -0.1) is 11.3 Å². The molecule has 1 saturated heterocycles. The number of para-hydroxylation sites is 2. The van der Waals surface area contributed by atoms with Crippen molar-refractivity contribution < 1.29 is 27.5 Å². The molecule has 37 heavy (non-hydrogen) atoms. The van der Waals surface area contributed by atoms with E-state index in [9.17, 15) is 18.0 Å². The summed E-state index contributed by atoms with van der Waals surface area (Å²) in [6, 6.07) is 16.9. The fraction of sp³-hybridized carbons (Fsp3) is 0.280. The first kappa shape index (κ1) is 25.5. The van der Waals surface area contributed by atoms with Crippen LogP contribution in [0.3, 0.4) is 0 Å². The van der Waals surface area contributed by atoms with Crippen molar-refractivity contribution in [2.45, 2.75) is 16.9 Å². The Hall–Kier alpha value is -3.12. The number of hydrogen-bond donors (Lipinski definition) is 1. The third kappa shape index (κ3) is 5.59. The number of rotatable bonds is 6. The molecule has 1 fully saturated rings. The normalized spacial score (nSPS) is 17.9. The Labute approximate surface area is 223 Å². The van der Waals surface area contributed by atoms with Crippen LogP contribution in [0.25, 0.3) is 0 Å². The monoisotopic (exact) mass is 561 g/mol. The highest BCUT2D eigenvalue weighted by molar-refractivity contribution is 7.91. The van der Waals surface area contributed by atoms with Gasteiger partial charge in [0.05, 0.1) is 6.54 Å². The number of halogens is 1. The molecule has 194 valence electrons. The minimum Gasteiger partial charge on any atom is -0.485 e. The van der Waals surface area contributed by atoms with Gasteiger partial charge in [0.15, 0.2) is 11.5 Å². The summed E-state index contributed by atoms with van der Waals surface area (Å²) in [6.07, 6.45) is -0.763. The van der Waals surface area contributed by atoms with Gasteiger partial charge in [-0.3, -0.25) is 9.59 Å². The van der Waals surface area contributed by atoms with Gasteiger partial charge in [0.2, 0.25) is 6.10 Å². The van der Waals surface area contributed by atoms with E-state index in [2.05, 4.69) is 5.32 Å². The SMILES string of the molecule is O=C(NCc1ccc(S(=O)(=O)N2CCN(C(=O)C3COc4ccccc4O3)CC2)s1)c1ccc(Cl)cc1. The van der Waals surface area contributed by atoms with Crippen molar-refractivity contribution >= 4 is 44.8 Å². The molecule has 1 N–H and O–H groups in total. The third-order valence-corrected chi connectivity index (χ3v) is 9.80. The molecule has 1 unspecified atom stereocenters. The molecule has 1 aromatic heterocycles. The molecular weight excluding hydrogens is 538 g/mol. The van der Waals surface area contributed by atoms with E-state index >= 15 is 0 Å². The van der Waals surface area contributed by atoms with Crippen molar-refractivity contribution in [3.63, 3.8) is 0 Å². The van der Waals surface area contributed by atoms with Crippen molar-refractivity contribution in [1.82, 2.24) is 14.5 Å². The number of thiophene rings is 1. The van der Waals surface area contributed by atoms with Gasteiger partial charge >= 0.3 is 0 Å². The van der Waals surface area contributed by atoms with Gasteiger partial charge in [-0.05, 0) is 48.5 Å². The highest BCUT2D eigenvalue weighted by Crippen LogP contribution is 2.31. The quantitative estimate of drug-likeness (QED) is 0.496. The van der Waals surface area contributed by atoms with Crippen molar-refractivity contribution in [2.24, 2.45) is 0 Å². The van der Waals surface area contributed by atoms with E-state index in [1.165, 1.54) is 4.31 Å². The zero-order chi connectivity index (χ0) is 26.0. The molecule has 2 aliphatic rings. The number of carbonyl (C=O) groups is 2. The number of sulfonamides is 1. The zero-order valence-corrected chi connectivity index (χ0v) is 22.0. The van der Waals surface area contributed by atoms with Crippen LogP contribution >= 0.6 is 22.9 Å². The average molecular weight is 562 g/mol.